The maximum atomic E-state index is 12.2. The number of ether oxygens (including phenoxy) is 2. The van der Waals surface area contributed by atoms with Gasteiger partial charge in [-0.15, -0.1) is 0 Å². The molecule has 7 heteroatoms. The summed E-state index contributed by atoms with van der Waals surface area (Å²) < 4.78 is 15.4. The number of carboxylic acids is 1. The number of carboxylic acid groups (broad SMARTS) is 1. The minimum Gasteiger partial charge on any atom is -0.497 e. The van der Waals surface area contributed by atoms with Crippen LogP contribution in [-0.2, 0) is 20.7 Å². The molecule has 124 valence electrons. The fourth-order valence-corrected chi connectivity index (χ4v) is 2.29. The summed E-state index contributed by atoms with van der Waals surface area (Å²) in [4.78, 5) is 23.5. The summed E-state index contributed by atoms with van der Waals surface area (Å²) >= 11 is 0. The van der Waals surface area contributed by atoms with Crippen LogP contribution in [0.3, 0.4) is 0 Å². The van der Waals surface area contributed by atoms with Gasteiger partial charge < -0.3 is 24.3 Å². The SMILES string of the molecule is COCC(C)(NC(=O)Cc1coc2cc(OC)ccc12)C(=O)O. The maximum absolute atomic E-state index is 12.2. The molecule has 1 aromatic heterocycles. The number of rotatable bonds is 7. The Balaban J connectivity index is 2.15. The number of furan rings is 1. The second-order valence-electron chi connectivity index (χ2n) is 5.42. The van der Waals surface area contributed by atoms with Crippen molar-refractivity contribution in [2.45, 2.75) is 18.9 Å². The Morgan fingerprint density at radius 2 is 2.09 bits per heavy atom. The van der Waals surface area contributed by atoms with Crippen molar-refractivity contribution in [2.24, 2.45) is 0 Å². The van der Waals surface area contributed by atoms with Gasteiger partial charge in [0.1, 0.15) is 11.3 Å². The number of carbonyl (C=O) groups excluding carboxylic acids is 1. The number of hydrogen-bond acceptors (Lipinski definition) is 5. The van der Waals surface area contributed by atoms with Gasteiger partial charge in [-0.2, -0.15) is 0 Å². The summed E-state index contributed by atoms with van der Waals surface area (Å²) in [5.41, 5.74) is -0.204. The van der Waals surface area contributed by atoms with Gasteiger partial charge in [-0.3, -0.25) is 4.79 Å². The summed E-state index contributed by atoms with van der Waals surface area (Å²) in [7, 11) is 2.94. The van der Waals surface area contributed by atoms with E-state index in [4.69, 9.17) is 13.9 Å². The van der Waals surface area contributed by atoms with Crippen LogP contribution in [0.25, 0.3) is 11.0 Å². The molecule has 0 spiro atoms. The third-order valence-corrected chi connectivity index (χ3v) is 3.53. The quantitative estimate of drug-likeness (QED) is 0.803. The summed E-state index contributed by atoms with van der Waals surface area (Å²) in [5.74, 6) is -0.929. The van der Waals surface area contributed by atoms with E-state index >= 15 is 0 Å². The second kappa shape index (κ2) is 6.70. The molecule has 1 heterocycles. The molecule has 0 aliphatic heterocycles. The van der Waals surface area contributed by atoms with Crippen molar-refractivity contribution in [3.63, 3.8) is 0 Å². The Hall–Kier alpha value is -2.54. The number of benzene rings is 1. The van der Waals surface area contributed by atoms with Gasteiger partial charge in [-0.1, -0.05) is 0 Å². The number of fused-ring (bicyclic) bond motifs is 1. The molecule has 2 N–H and O–H groups in total. The Kier molecular flexibility index (Phi) is 4.90. The predicted molar refractivity (Wildman–Crippen MR) is 82.5 cm³/mol. The minimum absolute atomic E-state index is 0.00587. The molecule has 1 atom stereocenters. The minimum atomic E-state index is -1.48. The maximum Gasteiger partial charge on any atom is 0.331 e. The van der Waals surface area contributed by atoms with Gasteiger partial charge in [-0.05, 0) is 19.1 Å². The number of hydrogen-bond donors (Lipinski definition) is 2. The van der Waals surface area contributed by atoms with Crippen molar-refractivity contribution >= 4 is 22.8 Å². The highest BCUT2D eigenvalue weighted by molar-refractivity contribution is 5.91. The Labute approximate surface area is 133 Å². The number of nitrogens with one attached hydrogen (secondary N) is 1. The lowest BCUT2D eigenvalue weighted by Gasteiger charge is -2.25. The largest absolute Gasteiger partial charge is 0.497 e. The van der Waals surface area contributed by atoms with Crippen molar-refractivity contribution in [3.05, 3.63) is 30.0 Å². The molecule has 0 aliphatic rings. The average molecular weight is 321 g/mol. The average Bonchev–Trinajstić information content (AvgIpc) is 2.89. The molecule has 7 nitrogen and oxygen atoms in total. The van der Waals surface area contributed by atoms with Gasteiger partial charge in [0.25, 0.3) is 0 Å². The lowest BCUT2D eigenvalue weighted by molar-refractivity contribution is -0.149. The van der Waals surface area contributed by atoms with E-state index in [1.165, 1.54) is 20.3 Å². The molecule has 2 rings (SSSR count). The molecule has 1 aromatic carbocycles. The zero-order valence-corrected chi connectivity index (χ0v) is 13.2. The van der Waals surface area contributed by atoms with Crippen molar-refractivity contribution < 1.29 is 28.6 Å². The van der Waals surface area contributed by atoms with E-state index in [9.17, 15) is 14.7 Å². The molecular weight excluding hydrogens is 302 g/mol. The Morgan fingerprint density at radius 3 is 2.70 bits per heavy atom. The summed E-state index contributed by atoms with van der Waals surface area (Å²) in [6, 6.07) is 5.29. The van der Waals surface area contributed by atoms with Crippen LogP contribution < -0.4 is 10.1 Å². The van der Waals surface area contributed by atoms with Crippen LogP contribution in [0.15, 0.2) is 28.9 Å². The molecule has 23 heavy (non-hydrogen) atoms. The first-order valence-electron chi connectivity index (χ1n) is 6.97. The highest BCUT2D eigenvalue weighted by Gasteiger charge is 2.35. The monoisotopic (exact) mass is 321 g/mol. The molecule has 2 aromatic rings. The smallest absolute Gasteiger partial charge is 0.331 e. The van der Waals surface area contributed by atoms with E-state index in [-0.39, 0.29) is 13.0 Å². The summed E-state index contributed by atoms with van der Waals surface area (Å²) in [6.45, 7) is 1.27. The van der Waals surface area contributed by atoms with Gasteiger partial charge in [0.05, 0.1) is 26.4 Å². The molecule has 1 unspecified atom stereocenters. The van der Waals surface area contributed by atoms with Gasteiger partial charge >= 0.3 is 5.97 Å². The summed E-state index contributed by atoms with van der Waals surface area (Å²) in [6.07, 6.45) is 1.49. The van der Waals surface area contributed by atoms with Crippen molar-refractivity contribution in [1.29, 1.82) is 0 Å². The first-order valence-corrected chi connectivity index (χ1v) is 6.97. The molecule has 0 aliphatic carbocycles. The van der Waals surface area contributed by atoms with Crippen LogP contribution in [0.4, 0.5) is 0 Å². The highest BCUT2D eigenvalue weighted by Crippen LogP contribution is 2.26. The van der Waals surface area contributed by atoms with Gasteiger partial charge in [0.2, 0.25) is 5.91 Å². The highest BCUT2D eigenvalue weighted by atomic mass is 16.5. The normalized spacial score (nSPS) is 13.5. The lowest BCUT2D eigenvalue weighted by atomic mass is 10.0. The van der Waals surface area contributed by atoms with Crippen LogP contribution in [0.1, 0.15) is 12.5 Å². The van der Waals surface area contributed by atoms with Crippen molar-refractivity contribution in [2.75, 3.05) is 20.8 Å². The Bertz CT molecular complexity index is 722. The first kappa shape index (κ1) is 16.8. The first-order chi connectivity index (χ1) is 10.9. The third-order valence-electron chi connectivity index (χ3n) is 3.53. The van der Waals surface area contributed by atoms with E-state index in [2.05, 4.69) is 5.32 Å². The van der Waals surface area contributed by atoms with Crippen molar-refractivity contribution in [1.82, 2.24) is 5.32 Å². The summed E-state index contributed by atoms with van der Waals surface area (Å²) in [5, 5.41) is 12.5. The van der Waals surface area contributed by atoms with Gasteiger partial charge in [0, 0.05) is 24.1 Å². The number of aliphatic carboxylic acids is 1. The zero-order valence-electron chi connectivity index (χ0n) is 13.2. The van der Waals surface area contributed by atoms with E-state index in [0.717, 1.165) is 5.39 Å². The molecule has 0 saturated heterocycles. The number of carbonyl (C=O) groups is 2. The van der Waals surface area contributed by atoms with Crippen molar-refractivity contribution in [3.8, 4) is 5.75 Å². The van der Waals surface area contributed by atoms with E-state index < -0.39 is 17.4 Å². The van der Waals surface area contributed by atoms with E-state index in [1.54, 1.807) is 25.3 Å². The zero-order chi connectivity index (χ0) is 17.0. The van der Waals surface area contributed by atoms with E-state index in [1.807, 2.05) is 0 Å². The molecule has 0 bridgehead atoms. The van der Waals surface area contributed by atoms with Crippen LogP contribution in [0, 0.1) is 0 Å². The van der Waals surface area contributed by atoms with Crippen LogP contribution in [0.2, 0.25) is 0 Å². The number of amides is 1. The van der Waals surface area contributed by atoms with Crippen LogP contribution >= 0.6 is 0 Å². The molecule has 0 fully saturated rings. The predicted octanol–water partition coefficient (Wildman–Crippen LogP) is 1.59. The molecule has 0 radical (unpaired) electrons. The molecular formula is C16H19NO6. The van der Waals surface area contributed by atoms with Crippen LogP contribution in [0.5, 0.6) is 5.75 Å². The second-order valence-corrected chi connectivity index (χ2v) is 5.42. The fourth-order valence-electron chi connectivity index (χ4n) is 2.29. The van der Waals surface area contributed by atoms with Gasteiger partial charge in [-0.25, -0.2) is 4.79 Å². The Morgan fingerprint density at radius 1 is 1.35 bits per heavy atom. The number of methoxy groups -OCH3 is 2. The van der Waals surface area contributed by atoms with Crippen LogP contribution in [-0.4, -0.2) is 43.3 Å². The topological polar surface area (TPSA) is 98.0 Å². The third kappa shape index (κ3) is 3.62. The lowest BCUT2D eigenvalue weighted by Crippen LogP contribution is -2.55. The van der Waals surface area contributed by atoms with E-state index in [0.29, 0.717) is 16.9 Å². The van der Waals surface area contributed by atoms with Gasteiger partial charge in [0.15, 0.2) is 5.54 Å². The molecule has 0 saturated carbocycles. The standard InChI is InChI=1S/C16H19NO6/c1-16(9-21-2,15(19)20)17-14(18)6-10-8-23-13-7-11(22-3)4-5-12(10)13/h4-5,7-8H,6,9H2,1-3H3,(H,17,18)(H,19,20). The molecule has 1 amide bonds. The fraction of sp³-hybridized carbons (Fsp3) is 0.375.